The molecule has 2 aromatic heterocycles. The number of nitrogens with two attached hydrogens (primary N) is 1. The fourth-order valence-corrected chi connectivity index (χ4v) is 2.74. The highest BCUT2D eigenvalue weighted by molar-refractivity contribution is 6.08. The molecule has 4 aromatic rings. The van der Waals surface area contributed by atoms with E-state index in [2.05, 4.69) is 52.5 Å². The van der Waals surface area contributed by atoms with Crippen molar-refractivity contribution in [2.24, 2.45) is 0 Å². The maximum absolute atomic E-state index is 6.05. The molecule has 0 saturated heterocycles. The van der Waals surface area contributed by atoms with Crippen LogP contribution in [0.3, 0.4) is 0 Å². The summed E-state index contributed by atoms with van der Waals surface area (Å²) >= 11 is 0. The summed E-state index contributed by atoms with van der Waals surface area (Å²) in [5.74, 6) is 0.470. The molecule has 3 heteroatoms. The molecule has 2 aromatic carbocycles. The Kier molecular flexibility index (Phi) is 3.24. The minimum absolute atomic E-state index is 0.470. The average molecular weight is 297 g/mol. The first-order valence-electron chi connectivity index (χ1n) is 7.48. The van der Waals surface area contributed by atoms with Crippen LogP contribution >= 0.6 is 0 Å². The molecule has 0 aliphatic heterocycles. The molecule has 4 rings (SSSR count). The van der Waals surface area contributed by atoms with E-state index in [0.717, 1.165) is 27.4 Å². The van der Waals surface area contributed by atoms with Crippen molar-refractivity contribution in [1.82, 2.24) is 9.97 Å². The highest BCUT2D eigenvalue weighted by Crippen LogP contribution is 2.27. The topological polar surface area (TPSA) is 51.8 Å². The van der Waals surface area contributed by atoms with Crippen LogP contribution in [0.2, 0.25) is 0 Å². The molecule has 0 amide bonds. The fourth-order valence-electron chi connectivity index (χ4n) is 2.74. The highest BCUT2D eigenvalue weighted by Gasteiger charge is 2.06. The molecule has 0 aliphatic carbocycles. The molecule has 0 aliphatic rings. The van der Waals surface area contributed by atoms with Crippen molar-refractivity contribution >= 4 is 39.8 Å². The summed E-state index contributed by atoms with van der Waals surface area (Å²) in [6.45, 7) is 0. The molecule has 110 valence electrons. The third kappa shape index (κ3) is 2.53. The van der Waals surface area contributed by atoms with Gasteiger partial charge in [-0.05, 0) is 23.3 Å². The number of fused-ring (bicyclic) bond motifs is 3. The predicted molar refractivity (Wildman–Crippen MR) is 96.8 cm³/mol. The maximum Gasteiger partial charge on any atom is 0.150 e. The number of aromatic nitrogens is 2. The van der Waals surface area contributed by atoms with E-state index in [9.17, 15) is 0 Å². The average Bonchev–Trinajstić information content (AvgIpc) is 2.61. The molecular weight excluding hydrogens is 282 g/mol. The Morgan fingerprint density at radius 2 is 1.61 bits per heavy atom. The van der Waals surface area contributed by atoms with Crippen LogP contribution in [0.1, 0.15) is 11.1 Å². The number of rotatable bonds is 2. The van der Waals surface area contributed by atoms with E-state index in [1.807, 2.05) is 30.3 Å². The Hall–Kier alpha value is -3.20. The molecule has 3 nitrogen and oxygen atoms in total. The SMILES string of the molecule is Nc1nc2cc(/C=C/c3ccccc3)ccc2c2cccnc12. The monoisotopic (exact) mass is 297 g/mol. The van der Waals surface area contributed by atoms with Crippen molar-refractivity contribution in [1.29, 1.82) is 0 Å². The minimum atomic E-state index is 0.470. The first-order valence-corrected chi connectivity index (χ1v) is 7.48. The zero-order valence-corrected chi connectivity index (χ0v) is 12.5. The summed E-state index contributed by atoms with van der Waals surface area (Å²) in [6.07, 6.45) is 5.91. The Labute approximate surface area is 134 Å². The number of benzene rings is 2. The van der Waals surface area contributed by atoms with E-state index in [0.29, 0.717) is 5.82 Å². The molecule has 0 unspecified atom stereocenters. The van der Waals surface area contributed by atoms with E-state index in [1.54, 1.807) is 6.20 Å². The van der Waals surface area contributed by atoms with Gasteiger partial charge < -0.3 is 5.73 Å². The van der Waals surface area contributed by atoms with Crippen LogP contribution in [-0.2, 0) is 0 Å². The van der Waals surface area contributed by atoms with Gasteiger partial charge in [0.15, 0.2) is 5.82 Å². The first kappa shape index (κ1) is 13.5. The van der Waals surface area contributed by atoms with Crippen molar-refractivity contribution in [2.75, 3.05) is 5.73 Å². The molecule has 2 N–H and O–H groups in total. The molecule has 0 spiro atoms. The van der Waals surface area contributed by atoms with Crippen LogP contribution in [0, 0.1) is 0 Å². The summed E-state index contributed by atoms with van der Waals surface area (Å²) in [4.78, 5) is 8.83. The van der Waals surface area contributed by atoms with Gasteiger partial charge in [0.25, 0.3) is 0 Å². The maximum atomic E-state index is 6.05. The molecule has 0 saturated carbocycles. The molecule has 0 radical (unpaired) electrons. The van der Waals surface area contributed by atoms with Crippen molar-refractivity contribution < 1.29 is 0 Å². The van der Waals surface area contributed by atoms with Gasteiger partial charge in [0.05, 0.1) is 5.52 Å². The van der Waals surface area contributed by atoms with Crippen molar-refractivity contribution in [3.8, 4) is 0 Å². The van der Waals surface area contributed by atoms with Crippen molar-refractivity contribution in [3.05, 3.63) is 78.0 Å². The third-order valence-corrected chi connectivity index (χ3v) is 3.87. The van der Waals surface area contributed by atoms with E-state index >= 15 is 0 Å². The number of anilines is 1. The van der Waals surface area contributed by atoms with Gasteiger partial charge in [-0.1, -0.05) is 60.7 Å². The lowest BCUT2D eigenvalue weighted by atomic mass is 10.1. The standard InChI is InChI=1S/C20H15N3/c21-20-19-17(7-4-12-22-19)16-11-10-15(13-18(16)23-20)9-8-14-5-2-1-3-6-14/h1-13H,(H2,21,23)/b9-8+. The van der Waals surface area contributed by atoms with Gasteiger partial charge in [-0.2, -0.15) is 0 Å². The van der Waals surface area contributed by atoms with Crippen LogP contribution in [-0.4, -0.2) is 9.97 Å². The molecule has 23 heavy (non-hydrogen) atoms. The quantitative estimate of drug-likeness (QED) is 0.436. The number of nitrogen functional groups attached to an aromatic ring is 1. The van der Waals surface area contributed by atoms with Gasteiger partial charge in [0.2, 0.25) is 0 Å². The van der Waals surface area contributed by atoms with E-state index < -0.39 is 0 Å². The van der Waals surface area contributed by atoms with Crippen molar-refractivity contribution in [3.63, 3.8) is 0 Å². The second-order valence-electron chi connectivity index (χ2n) is 5.42. The normalized spacial score (nSPS) is 11.5. The zero-order valence-electron chi connectivity index (χ0n) is 12.5. The first-order chi connectivity index (χ1) is 11.3. The summed E-state index contributed by atoms with van der Waals surface area (Å²) in [5, 5.41) is 2.10. The lowest BCUT2D eigenvalue weighted by Crippen LogP contribution is -1.95. The zero-order chi connectivity index (χ0) is 15.6. The molecule has 0 atom stereocenters. The Morgan fingerprint density at radius 3 is 2.48 bits per heavy atom. The lowest BCUT2D eigenvalue weighted by molar-refractivity contribution is 1.36. The van der Waals surface area contributed by atoms with E-state index in [-0.39, 0.29) is 0 Å². The Morgan fingerprint density at radius 1 is 0.783 bits per heavy atom. The van der Waals surface area contributed by atoms with Gasteiger partial charge in [0.1, 0.15) is 5.52 Å². The van der Waals surface area contributed by atoms with Crippen LogP contribution in [0.15, 0.2) is 66.9 Å². The van der Waals surface area contributed by atoms with Crippen molar-refractivity contribution in [2.45, 2.75) is 0 Å². The minimum Gasteiger partial charge on any atom is -0.382 e. The van der Waals surface area contributed by atoms with Gasteiger partial charge in [0, 0.05) is 17.0 Å². The molecule has 0 fully saturated rings. The van der Waals surface area contributed by atoms with Crippen LogP contribution < -0.4 is 5.73 Å². The summed E-state index contributed by atoms with van der Waals surface area (Å²) in [7, 11) is 0. The molecule has 2 heterocycles. The summed E-state index contributed by atoms with van der Waals surface area (Å²) in [6, 6.07) is 20.4. The smallest absolute Gasteiger partial charge is 0.150 e. The van der Waals surface area contributed by atoms with E-state index in [4.69, 9.17) is 5.73 Å². The number of hydrogen-bond donors (Lipinski definition) is 1. The fraction of sp³-hybridized carbons (Fsp3) is 0. The van der Waals surface area contributed by atoms with Gasteiger partial charge in [-0.3, -0.25) is 4.98 Å². The second kappa shape index (κ2) is 5.54. The summed E-state index contributed by atoms with van der Waals surface area (Å²) in [5.41, 5.74) is 9.95. The van der Waals surface area contributed by atoms with Gasteiger partial charge in [-0.25, -0.2) is 4.98 Å². The van der Waals surface area contributed by atoms with E-state index in [1.165, 1.54) is 5.56 Å². The number of pyridine rings is 2. The Bertz CT molecular complexity index is 1020. The van der Waals surface area contributed by atoms with Gasteiger partial charge in [-0.15, -0.1) is 0 Å². The number of hydrogen-bond acceptors (Lipinski definition) is 3. The number of nitrogens with zero attached hydrogens (tertiary/aromatic N) is 2. The predicted octanol–water partition coefficient (Wildman–Crippen LogP) is 4.54. The van der Waals surface area contributed by atoms with Crippen LogP contribution in [0.4, 0.5) is 5.82 Å². The Balaban J connectivity index is 1.82. The molecular formula is C20H15N3. The highest BCUT2D eigenvalue weighted by atomic mass is 14.9. The summed E-state index contributed by atoms with van der Waals surface area (Å²) < 4.78 is 0. The second-order valence-corrected chi connectivity index (χ2v) is 5.42. The molecule has 0 bridgehead atoms. The largest absolute Gasteiger partial charge is 0.382 e. The van der Waals surface area contributed by atoms with Crippen LogP contribution in [0.5, 0.6) is 0 Å². The van der Waals surface area contributed by atoms with Gasteiger partial charge >= 0.3 is 0 Å². The third-order valence-electron chi connectivity index (χ3n) is 3.87. The van der Waals surface area contributed by atoms with Crippen LogP contribution in [0.25, 0.3) is 34.0 Å². The lowest BCUT2D eigenvalue weighted by Gasteiger charge is -2.06.